The molecule has 0 saturated carbocycles. The van der Waals surface area contributed by atoms with Gasteiger partial charge in [0.25, 0.3) is 0 Å². The molecule has 2 nitrogen and oxygen atoms in total. The third kappa shape index (κ3) is 2.05. The van der Waals surface area contributed by atoms with Crippen molar-refractivity contribution in [1.29, 1.82) is 0 Å². The van der Waals surface area contributed by atoms with Crippen LogP contribution in [0.5, 0.6) is 0 Å². The zero-order valence-corrected chi connectivity index (χ0v) is 7.78. The molecule has 0 aliphatic rings. The summed E-state index contributed by atoms with van der Waals surface area (Å²) in [6.45, 7) is 0. The molecule has 1 atom stereocenters. The fourth-order valence-corrected chi connectivity index (χ4v) is 1.39. The molecule has 0 radical (unpaired) electrons. The van der Waals surface area contributed by atoms with Crippen LogP contribution in [0, 0.1) is 11.6 Å². The predicted molar refractivity (Wildman–Crippen MR) is 51.1 cm³/mol. The minimum Gasteiger partial charge on any atom is -0.467 e. The number of benzene rings is 1. The Morgan fingerprint density at radius 3 is 2.33 bits per heavy atom. The number of rotatable bonds is 2. The van der Waals surface area contributed by atoms with Crippen LogP contribution in [0.4, 0.5) is 8.78 Å². The lowest BCUT2D eigenvalue weighted by molar-refractivity contribution is 0.487. The molecule has 0 spiro atoms. The average Bonchev–Trinajstić information content (AvgIpc) is 2.67. The summed E-state index contributed by atoms with van der Waals surface area (Å²) in [5.41, 5.74) is 6.12. The van der Waals surface area contributed by atoms with Crippen LogP contribution in [0.15, 0.2) is 41.0 Å². The maximum Gasteiger partial charge on any atom is 0.126 e. The molecule has 2 N–H and O–H groups in total. The third-order valence-electron chi connectivity index (χ3n) is 2.09. The van der Waals surface area contributed by atoms with Gasteiger partial charge in [-0.2, -0.15) is 0 Å². The van der Waals surface area contributed by atoms with Crippen molar-refractivity contribution < 1.29 is 13.2 Å². The van der Waals surface area contributed by atoms with Gasteiger partial charge in [-0.15, -0.1) is 0 Å². The number of hydrogen-bond donors (Lipinski definition) is 1. The zero-order chi connectivity index (χ0) is 10.8. The van der Waals surface area contributed by atoms with Gasteiger partial charge in [-0.05, 0) is 29.8 Å². The second kappa shape index (κ2) is 3.82. The number of furan rings is 1. The van der Waals surface area contributed by atoms with Crippen molar-refractivity contribution in [3.8, 4) is 0 Å². The van der Waals surface area contributed by atoms with Crippen LogP contribution in [0.2, 0.25) is 0 Å². The predicted octanol–water partition coefficient (Wildman–Crippen LogP) is 2.61. The monoisotopic (exact) mass is 209 g/mol. The molecule has 0 amide bonds. The van der Waals surface area contributed by atoms with Crippen molar-refractivity contribution in [2.24, 2.45) is 5.73 Å². The van der Waals surface area contributed by atoms with Gasteiger partial charge in [0.1, 0.15) is 17.4 Å². The van der Waals surface area contributed by atoms with Crippen molar-refractivity contribution in [2.45, 2.75) is 6.04 Å². The smallest absolute Gasteiger partial charge is 0.126 e. The highest BCUT2D eigenvalue weighted by Gasteiger charge is 2.13. The van der Waals surface area contributed by atoms with Crippen molar-refractivity contribution in [1.82, 2.24) is 0 Å². The molecule has 1 unspecified atom stereocenters. The summed E-state index contributed by atoms with van der Waals surface area (Å²) in [5.74, 6) is -0.820. The molecule has 1 heterocycles. The number of nitrogens with two attached hydrogens (primary N) is 1. The summed E-state index contributed by atoms with van der Waals surface area (Å²) in [5, 5.41) is 0. The van der Waals surface area contributed by atoms with Gasteiger partial charge in [0.2, 0.25) is 0 Å². The first kappa shape index (κ1) is 9.86. The van der Waals surface area contributed by atoms with E-state index in [0.717, 1.165) is 6.07 Å². The summed E-state index contributed by atoms with van der Waals surface area (Å²) < 4.78 is 30.9. The highest BCUT2D eigenvalue weighted by Crippen LogP contribution is 2.21. The highest BCUT2D eigenvalue weighted by atomic mass is 19.1. The SMILES string of the molecule is NC(c1cc(F)cc(F)c1)c1ccco1. The van der Waals surface area contributed by atoms with Crippen LogP contribution in [0.25, 0.3) is 0 Å². The van der Waals surface area contributed by atoms with E-state index in [-0.39, 0.29) is 0 Å². The normalized spacial score (nSPS) is 12.7. The maximum absolute atomic E-state index is 12.9. The molecule has 0 bridgehead atoms. The van der Waals surface area contributed by atoms with Gasteiger partial charge in [-0.1, -0.05) is 0 Å². The summed E-state index contributed by atoms with van der Waals surface area (Å²) in [7, 11) is 0. The van der Waals surface area contributed by atoms with E-state index in [9.17, 15) is 8.78 Å². The zero-order valence-electron chi connectivity index (χ0n) is 7.78. The van der Waals surface area contributed by atoms with Gasteiger partial charge in [0.15, 0.2) is 0 Å². The molecule has 0 fully saturated rings. The summed E-state index contributed by atoms with van der Waals surface area (Å²) in [4.78, 5) is 0. The standard InChI is InChI=1S/C11H9F2NO/c12-8-4-7(5-9(13)6-8)11(14)10-2-1-3-15-10/h1-6,11H,14H2. The molecule has 0 aliphatic carbocycles. The Balaban J connectivity index is 2.37. The first-order chi connectivity index (χ1) is 7.16. The summed E-state index contributed by atoms with van der Waals surface area (Å²) >= 11 is 0. The van der Waals surface area contributed by atoms with Gasteiger partial charge in [0, 0.05) is 6.07 Å². The van der Waals surface area contributed by atoms with Crippen molar-refractivity contribution >= 4 is 0 Å². The number of halogens is 2. The fraction of sp³-hybridized carbons (Fsp3) is 0.0909. The lowest BCUT2D eigenvalue weighted by Gasteiger charge is -2.09. The Morgan fingerprint density at radius 2 is 1.80 bits per heavy atom. The van der Waals surface area contributed by atoms with E-state index in [1.165, 1.54) is 18.4 Å². The Labute approximate surface area is 85.3 Å². The molecular weight excluding hydrogens is 200 g/mol. The Bertz CT molecular complexity index is 433. The van der Waals surface area contributed by atoms with E-state index in [2.05, 4.69) is 0 Å². The first-order valence-electron chi connectivity index (χ1n) is 4.42. The van der Waals surface area contributed by atoms with Crippen molar-refractivity contribution in [2.75, 3.05) is 0 Å². The summed E-state index contributed by atoms with van der Waals surface area (Å²) in [6.07, 6.45) is 1.46. The van der Waals surface area contributed by atoms with Gasteiger partial charge in [0.05, 0.1) is 12.3 Å². The van der Waals surface area contributed by atoms with E-state index in [1.807, 2.05) is 0 Å². The third-order valence-corrected chi connectivity index (χ3v) is 2.09. The van der Waals surface area contributed by atoms with Crippen LogP contribution < -0.4 is 5.73 Å². The van der Waals surface area contributed by atoms with Crippen LogP contribution in [0.1, 0.15) is 17.4 Å². The van der Waals surface area contributed by atoms with E-state index >= 15 is 0 Å². The molecule has 1 aromatic heterocycles. The van der Waals surface area contributed by atoms with Crippen molar-refractivity contribution in [3.63, 3.8) is 0 Å². The fourth-order valence-electron chi connectivity index (χ4n) is 1.39. The van der Waals surface area contributed by atoms with Crippen LogP contribution in [-0.4, -0.2) is 0 Å². The second-order valence-electron chi connectivity index (χ2n) is 3.20. The largest absolute Gasteiger partial charge is 0.467 e. The van der Waals surface area contributed by atoms with Gasteiger partial charge < -0.3 is 10.2 Å². The molecular formula is C11H9F2NO. The van der Waals surface area contributed by atoms with E-state index in [1.54, 1.807) is 12.1 Å². The molecule has 2 aromatic rings. The Hall–Kier alpha value is -1.68. The topological polar surface area (TPSA) is 39.2 Å². The minimum atomic E-state index is -0.648. The van der Waals surface area contributed by atoms with Crippen LogP contribution >= 0.6 is 0 Å². The van der Waals surface area contributed by atoms with E-state index in [4.69, 9.17) is 10.2 Å². The van der Waals surface area contributed by atoms with Gasteiger partial charge in [-0.3, -0.25) is 0 Å². The Morgan fingerprint density at radius 1 is 1.13 bits per heavy atom. The lowest BCUT2D eigenvalue weighted by atomic mass is 10.1. The van der Waals surface area contributed by atoms with Crippen LogP contribution in [0.3, 0.4) is 0 Å². The lowest BCUT2D eigenvalue weighted by Crippen LogP contribution is -2.11. The molecule has 15 heavy (non-hydrogen) atoms. The van der Waals surface area contributed by atoms with Crippen molar-refractivity contribution in [3.05, 3.63) is 59.6 Å². The highest BCUT2D eigenvalue weighted by molar-refractivity contribution is 5.27. The molecule has 2 rings (SSSR count). The molecule has 4 heteroatoms. The molecule has 1 aromatic carbocycles. The molecule has 0 saturated heterocycles. The van der Waals surface area contributed by atoms with Gasteiger partial charge in [-0.25, -0.2) is 8.78 Å². The number of hydrogen-bond acceptors (Lipinski definition) is 2. The van der Waals surface area contributed by atoms with Crippen LogP contribution in [-0.2, 0) is 0 Å². The quantitative estimate of drug-likeness (QED) is 0.825. The second-order valence-corrected chi connectivity index (χ2v) is 3.20. The molecule has 0 aliphatic heterocycles. The van der Waals surface area contributed by atoms with E-state index in [0.29, 0.717) is 11.3 Å². The van der Waals surface area contributed by atoms with Gasteiger partial charge >= 0.3 is 0 Å². The summed E-state index contributed by atoms with van der Waals surface area (Å²) in [6, 6.07) is 5.87. The molecule has 78 valence electrons. The Kier molecular flexibility index (Phi) is 2.51. The first-order valence-corrected chi connectivity index (χ1v) is 4.42. The van der Waals surface area contributed by atoms with E-state index < -0.39 is 17.7 Å². The minimum absolute atomic E-state index is 0.349. The maximum atomic E-state index is 12.9. The average molecular weight is 209 g/mol.